The summed E-state index contributed by atoms with van der Waals surface area (Å²) >= 11 is 11.4. The topological polar surface area (TPSA) is 46.4 Å². The average molecular weight is 527 g/mol. The molecule has 4 nitrogen and oxygen atoms in total. The van der Waals surface area contributed by atoms with E-state index in [1.807, 2.05) is 14.1 Å². The van der Waals surface area contributed by atoms with Crippen LogP contribution in [-0.4, -0.2) is 37.7 Å². The Morgan fingerprint density at radius 3 is 2.23 bits per heavy atom. The predicted octanol–water partition coefficient (Wildman–Crippen LogP) is 4.77. The fourth-order valence-corrected chi connectivity index (χ4v) is 2.94. The van der Waals surface area contributed by atoms with Gasteiger partial charge in [0.15, 0.2) is 0 Å². The van der Waals surface area contributed by atoms with Gasteiger partial charge in [-0.2, -0.15) is 12.3 Å². The van der Waals surface area contributed by atoms with E-state index in [0.717, 1.165) is 43.2 Å². The average Bonchev–Trinajstić information content (AvgIpc) is 2.72. The number of anilines is 1. The normalized spacial score (nSPS) is 11.1. The summed E-state index contributed by atoms with van der Waals surface area (Å²) in [6.07, 6.45) is 4.28. The Morgan fingerprint density at radius 1 is 1.07 bits per heavy atom. The van der Waals surface area contributed by atoms with E-state index >= 15 is 0 Å². The first-order chi connectivity index (χ1) is 14.3. The molecule has 0 aliphatic rings. The summed E-state index contributed by atoms with van der Waals surface area (Å²) in [6.45, 7) is 6.30. The predicted molar refractivity (Wildman–Crippen MR) is 130 cm³/mol. The molecular formula is C23H30N3OS2Tc. The molecule has 0 bridgehead atoms. The van der Waals surface area contributed by atoms with Gasteiger partial charge in [-0.3, -0.25) is 0 Å². The SMILES string of the molecule is CN(C)c1ccc(/C=C/c2ccc([N-]CC[S-])c(CNCC(C)(C)[S-])c2)cc1.[O]=[Tc+3]. The van der Waals surface area contributed by atoms with Crippen molar-refractivity contribution in [3.8, 4) is 0 Å². The third-order valence-electron chi connectivity index (χ3n) is 4.22. The molecule has 0 aliphatic heterocycles. The van der Waals surface area contributed by atoms with Gasteiger partial charge in [0.1, 0.15) is 0 Å². The van der Waals surface area contributed by atoms with E-state index in [1.165, 1.54) is 16.8 Å². The molecule has 0 aliphatic carbocycles. The molecule has 0 saturated heterocycles. The molecule has 0 saturated carbocycles. The minimum atomic E-state index is -0.159. The molecule has 1 N–H and O–H groups in total. The Balaban J connectivity index is 0.00000218. The van der Waals surface area contributed by atoms with E-state index in [4.69, 9.17) is 28.8 Å². The molecule has 0 heterocycles. The number of hydrogen-bond acceptors (Lipinski definition) is 5. The van der Waals surface area contributed by atoms with Gasteiger partial charge in [0, 0.05) is 26.3 Å². The number of rotatable bonds is 10. The Labute approximate surface area is 203 Å². The standard InChI is InChI=1S/C23H32N3S2.O.Tc/c1-23(2,28)17-24-16-20-15-19(9-12-22(20)25-13-14-27)6-5-18-7-10-21(11-8-18)26(3)4;;/h5-12,15,24,27-28H,13-14,16-17H2,1-4H3;;/q-1;;+3/p-2/b6-5+;;. The summed E-state index contributed by atoms with van der Waals surface area (Å²) in [5.41, 5.74) is 5.71. The maximum atomic E-state index is 8.22. The summed E-state index contributed by atoms with van der Waals surface area (Å²) in [5, 5.41) is 8.08. The van der Waals surface area contributed by atoms with Gasteiger partial charge in [-0.05, 0) is 35.4 Å². The van der Waals surface area contributed by atoms with Crippen molar-refractivity contribution in [1.82, 2.24) is 5.32 Å². The van der Waals surface area contributed by atoms with Crippen molar-refractivity contribution in [2.24, 2.45) is 0 Å². The molecule has 0 unspecified atom stereocenters. The summed E-state index contributed by atoms with van der Waals surface area (Å²) in [7, 11) is 4.10. The van der Waals surface area contributed by atoms with Crippen molar-refractivity contribution in [2.75, 3.05) is 37.8 Å². The summed E-state index contributed by atoms with van der Waals surface area (Å²) < 4.78 is 8.06. The van der Waals surface area contributed by atoms with Crippen LogP contribution >= 0.6 is 0 Å². The molecular weight excluding hydrogens is 496 g/mol. The Morgan fingerprint density at radius 2 is 1.67 bits per heavy atom. The number of nitrogens with zero attached hydrogens (tertiary/aromatic N) is 2. The Hall–Kier alpha value is -1.11. The van der Waals surface area contributed by atoms with Gasteiger partial charge >= 0.3 is 22.4 Å². The van der Waals surface area contributed by atoms with Gasteiger partial charge in [0.25, 0.3) is 0 Å². The molecule has 162 valence electrons. The second-order valence-electron chi connectivity index (χ2n) is 7.66. The Bertz CT molecular complexity index is 790. The van der Waals surface area contributed by atoms with Crippen LogP contribution in [0.4, 0.5) is 11.4 Å². The quantitative estimate of drug-likeness (QED) is 0.357. The molecule has 30 heavy (non-hydrogen) atoms. The van der Waals surface area contributed by atoms with Gasteiger partial charge in [-0.25, -0.2) is 0 Å². The van der Waals surface area contributed by atoms with Gasteiger partial charge < -0.3 is 40.8 Å². The molecule has 2 aromatic rings. The zero-order chi connectivity index (χ0) is 22.6. The minimum absolute atomic E-state index is 0.159. The van der Waals surface area contributed by atoms with Crippen molar-refractivity contribution >= 4 is 48.8 Å². The summed E-state index contributed by atoms with van der Waals surface area (Å²) in [4.78, 5) is 2.10. The van der Waals surface area contributed by atoms with Gasteiger partial charge in [-0.1, -0.05) is 56.3 Å². The van der Waals surface area contributed by atoms with Crippen LogP contribution < -0.4 is 10.2 Å². The van der Waals surface area contributed by atoms with E-state index < -0.39 is 0 Å². The second kappa shape index (κ2) is 14.0. The van der Waals surface area contributed by atoms with Crippen molar-refractivity contribution in [2.45, 2.75) is 25.1 Å². The molecule has 0 atom stereocenters. The van der Waals surface area contributed by atoms with E-state index in [9.17, 15) is 0 Å². The van der Waals surface area contributed by atoms with E-state index in [1.54, 1.807) is 0 Å². The molecule has 0 fully saturated rings. The van der Waals surface area contributed by atoms with Crippen LogP contribution in [0.25, 0.3) is 17.5 Å². The van der Waals surface area contributed by atoms with E-state index in [0.29, 0.717) is 12.3 Å². The van der Waals surface area contributed by atoms with Gasteiger partial charge in [0.2, 0.25) is 0 Å². The first kappa shape index (κ1) is 26.9. The molecule has 0 radical (unpaired) electrons. The zero-order valence-electron chi connectivity index (χ0n) is 18.0. The first-order valence-electron chi connectivity index (χ1n) is 9.69. The van der Waals surface area contributed by atoms with Crippen molar-refractivity contribution < 1.29 is 22.4 Å². The van der Waals surface area contributed by atoms with Crippen LogP contribution in [0.1, 0.15) is 30.5 Å². The molecule has 0 aromatic heterocycles. The fourth-order valence-electron chi connectivity index (χ4n) is 2.75. The van der Waals surface area contributed by atoms with Crippen molar-refractivity contribution in [3.63, 3.8) is 0 Å². The second-order valence-corrected chi connectivity index (χ2v) is 9.17. The molecule has 2 rings (SSSR count). The molecule has 0 spiro atoms. The molecule has 0 amide bonds. The number of hydrogen-bond donors (Lipinski definition) is 1. The van der Waals surface area contributed by atoms with Crippen LogP contribution in [0, 0.1) is 0 Å². The number of benzene rings is 2. The van der Waals surface area contributed by atoms with Crippen LogP contribution in [-0.2, 0) is 54.2 Å². The monoisotopic (exact) mass is 525 g/mol. The first-order valence-corrected chi connectivity index (χ1v) is 11.4. The zero-order valence-corrected chi connectivity index (χ0v) is 21.5. The Kier molecular flexibility index (Phi) is 12.6. The third-order valence-corrected chi connectivity index (χ3v) is 4.55. The van der Waals surface area contributed by atoms with Crippen LogP contribution in [0.2, 0.25) is 0 Å². The van der Waals surface area contributed by atoms with Gasteiger partial charge in [-0.15, -0.1) is 10.4 Å². The molecule has 2 aromatic carbocycles. The van der Waals surface area contributed by atoms with Crippen LogP contribution in [0.15, 0.2) is 42.5 Å². The van der Waals surface area contributed by atoms with Gasteiger partial charge in [0.05, 0.1) is 0 Å². The van der Waals surface area contributed by atoms with Crippen LogP contribution in [0.5, 0.6) is 0 Å². The van der Waals surface area contributed by atoms with Crippen molar-refractivity contribution in [3.05, 3.63) is 64.5 Å². The molecule has 7 heteroatoms. The fraction of sp³-hybridized carbons (Fsp3) is 0.391. The summed E-state index contributed by atoms with van der Waals surface area (Å²) in [6, 6.07) is 14.9. The third kappa shape index (κ3) is 10.3. The maximum absolute atomic E-state index is 8.22. The summed E-state index contributed by atoms with van der Waals surface area (Å²) in [5.74, 6) is 0.636. The van der Waals surface area contributed by atoms with E-state index in [-0.39, 0.29) is 4.75 Å². The van der Waals surface area contributed by atoms with E-state index in [2.05, 4.69) is 84.0 Å². The number of nitrogens with one attached hydrogen (secondary N) is 1. The van der Waals surface area contributed by atoms with Crippen molar-refractivity contribution in [1.29, 1.82) is 0 Å². The van der Waals surface area contributed by atoms with Crippen LogP contribution in [0.3, 0.4) is 0 Å².